The average molecular weight is 266 g/mol. The zero-order chi connectivity index (χ0) is 14.1. The van der Waals surface area contributed by atoms with Crippen molar-refractivity contribution in [2.45, 2.75) is 0 Å². The van der Waals surface area contributed by atoms with Crippen molar-refractivity contribution in [3.63, 3.8) is 0 Å². The van der Waals surface area contributed by atoms with E-state index in [-0.39, 0.29) is 11.2 Å². The second-order valence-electron chi connectivity index (χ2n) is 4.41. The number of fused-ring (bicyclic) bond motifs is 1. The molecule has 0 unspecified atom stereocenters. The molecule has 0 radical (unpaired) electrons. The van der Waals surface area contributed by atoms with Gasteiger partial charge in [0.05, 0.1) is 10.4 Å². The molecule has 5 heteroatoms. The van der Waals surface area contributed by atoms with Gasteiger partial charge in [-0.05, 0) is 23.1 Å². The topological polar surface area (TPSA) is 76.0 Å². The molecule has 0 aliphatic rings. The summed E-state index contributed by atoms with van der Waals surface area (Å²) >= 11 is 0. The van der Waals surface area contributed by atoms with Crippen LogP contribution >= 0.6 is 0 Å². The van der Waals surface area contributed by atoms with E-state index in [0.717, 1.165) is 10.9 Å². The van der Waals surface area contributed by atoms with Gasteiger partial charge in [-0.15, -0.1) is 0 Å². The SMILES string of the molecule is O=c1[nH]c2cc([N+](=O)[O-])ccc2cc1-c1ccccc1. The maximum atomic E-state index is 12.1. The van der Waals surface area contributed by atoms with Crippen LogP contribution in [0, 0.1) is 10.1 Å². The standard InChI is InChI=1S/C15H10N2O3/c18-15-13(10-4-2-1-3-5-10)8-11-6-7-12(17(19)20)9-14(11)16-15/h1-9H,(H,16,18). The predicted octanol–water partition coefficient (Wildman–Crippen LogP) is 3.10. The molecule has 0 saturated heterocycles. The molecule has 1 aromatic heterocycles. The summed E-state index contributed by atoms with van der Waals surface area (Å²) in [6.45, 7) is 0. The maximum Gasteiger partial charge on any atom is 0.271 e. The molecule has 20 heavy (non-hydrogen) atoms. The first kappa shape index (κ1) is 12.1. The van der Waals surface area contributed by atoms with Gasteiger partial charge in [-0.25, -0.2) is 0 Å². The number of benzene rings is 2. The van der Waals surface area contributed by atoms with Crippen molar-refractivity contribution >= 4 is 16.6 Å². The molecule has 0 saturated carbocycles. The van der Waals surface area contributed by atoms with Crippen molar-refractivity contribution < 1.29 is 4.92 Å². The van der Waals surface area contributed by atoms with E-state index in [1.54, 1.807) is 12.1 Å². The molecule has 1 N–H and O–H groups in total. The summed E-state index contributed by atoms with van der Waals surface area (Å²) in [6.07, 6.45) is 0. The Bertz CT molecular complexity index is 854. The number of hydrogen-bond donors (Lipinski definition) is 1. The van der Waals surface area contributed by atoms with Gasteiger partial charge in [0.15, 0.2) is 0 Å². The third-order valence-corrected chi connectivity index (χ3v) is 3.13. The Morgan fingerprint density at radius 1 is 1.00 bits per heavy atom. The molecule has 0 amide bonds. The third-order valence-electron chi connectivity index (χ3n) is 3.13. The lowest BCUT2D eigenvalue weighted by Gasteiger charge is -2.03. The highest BCUT2D eigenvalue weighted by Gasteiger charge is 2.09. The van der Waals surface area contributed by atoms with E-state index >= 15 is 0 Å². The minimum absolute atomic E-state index is 0.0411. The Morgan fingerprint density at radius 2 is 1.75 bits per heavy atom. The van der Waals surface area contributed by atoms with Gasteiger partial charge in [-0.3, -0.25) is 14.9 Å². The van der Waals surface area contributed by atoms with E-state index in [9.17, 15) is 14.9 Å². The summed E-state index contributed by atoms with van der Waals surface area (Å²) < 4.78 is 0. The van der Waals surface area contributed by atoms with Crippen LogP contribution in [-0.2, 0) is 0 Å². The number of nitrogens with zero attached hydrogens (tertiary/aromatic N) is 1. The van der Waals surface area contributed by atoms with E-state index in [1.807, 2.05) is 30.3 Å². The minimum Gasteiger partial charge on any atom is -0.321 e. The summed E-state index contributed by atoms with van der Waals surface area (Å²) in [7, 11) is 0. The number of non-ortho nitro benzene ring substituents is 1. The maximum absolute atomic E-state index is 12.1. The zero-order valence-electron chi connectivity index (χ0n) is 10.4. The Hall–Kier alpha value is -2.95. The molecular formula is C15H10N2O3. The number of rotatable bonds is 2. The van der Waals surface area contributed by atoms with Crippen molar-refractivity contribution in [1.82, 2.24) is 4.98 Å². The molecule has 98 valence electrons. The first-order chi connectivity index (χ1) is 9.65. The summed E-state index contributed by atoms with van der Waals surface area (Å²) in [5, 5.41) is 11.5. The summed E-state index contributed by atoms with van der Waals surface area (Å²) in [5.41, 5.74) is 1.52. The van der Waals surface area contributed by atoms with Crippen molar-refractivity contribution in [2.75, 3.05) is 0 Å². The van der Waals surface area contributed by atoms with Gasteiger partial charge in [0.1, 0.15) is 0 Å². The highest BCUT2D eigenvalue weighted by Crippen LogP contribution is 2.22. The Kier molecular flexibility index (Phi) is 2.80. The highest BCUT2D eigenvalue weighted by molar-refractivity contribution is 5.85. The summed E-state index contributed by atoms with van der Waals surface area (Å²) in [4.78, 5) is 25.0. The van der Waals surface area contributed by atoms with Crippen LogP contribution < -0.4 is 5.56 Å². The van der Waals surface area contributed by atoms with E-state index < -0.39 is 4.92 Å². The quantitative estimate of drug-likeness (QED) is 0.572. The van der Waals surface area contributed by atoms with Gasteiger partial charge in [-0.2, -0.15) is 0 Å². The molecule has 0 bridgehead atoms. The van der Waals surface area contributed by atoms with Gasteiger partial charge in [-0.1, -0.05) is 30.3 Å². The second-order valence-corrected chi connectivity index (χ2v) is 4.41. The van der Waals surface area contributed by atoms with Gasteiger partial charge >= 0.3 is 0 Å². The lowest BCUT2D eigenvalue weighted by atomic mass is 10.1. The number of nitro groups is 1. The molecule has 3 aromatic rings. The van der Waals surface area contributed by atoms with Crippen LogP contribution in [0.2, 0.25) is 0 Å². The first-order valence-electron chi connectivity index (χ1n) is 6.02. The van der Waals surface area contributed by atoms with Gasteiger partial charge in [0.25, 0.3) is 11.2 Å². The Morgan fingerprint density at radius 3 is 2.45 bits per heavy atom. The van der Waals surface area contributed by atoms with E-state index in [1.165, 1.54) is 12.1 Å². The average Bonchev–Trinajstić information content (AvgIpc) is 2.46. The number of aromatic amines is 1. The lowest BCUT2D eigenvalue weighted by molar-refractivity contribution is -0.384. The Labute approximate surface area is 113 Å². The van der Waals surface area contributed by atoms with Crippen LogP contribution in [0.1, 0.15) is 0 Å². The van der Waals surface area contributed by atoms with Gasteiger partial charge < -0.3 is 4.98 Å². The fraction of sp³-hybridized carbons (Fsp3) is 0. The number of H-pyrrole nitrogens is 1. The normalized spacial score (nSPS) is 10.6. The number of aromatic nitrogens is 1. The van der Waals surface area contributed by atoms with Crippen molar-refractivity contribution in [2.24, 2.45) is 0 Å². The largest absolute Gasteiger partial charge is 0.321 e. The third kappa shape index (κ3) is 2.05. The number of pyridine rings is 1. The van der Waals surface area contributed by atoms with Crippen molar-refractivity contribution in [3.8, 4) is 11.1 Å². The monoisotopic (exact) mass is 266 g/mol. The number of nitrogens with one attached hydrogen (secondary N) is 1. The molecule has 3 rings (SSSR count). The number of nitro benzene ring substituents is 1. The fourth-order valence-corrected chi connectivity index (χ4v) is 2.13. The molecule has 5 nitrogen and oxygen atoms in total. The van der Waals surface area contributed by atoms with Crippen LogP contribution in [0.15, 0.2) is 59.4 Å². The minimum atomic E-state index is -0.483. The lowest BCUT2D eigenvalue weighted by Crippen LogP contribution is -2.08. The smallest absolute Gasteiger partial charge is 0.271 e. The fourth-order valence-electron chi connectivity index (χ4n) is 2.13. The van der Waals surface area contributed by atoms with Gasteiger partial charge in [0.2, 0.25) is 0 Å². The van der Waals surface area contributed by atoms with Crippen molar-refractivity contribution in [3.05, 3.63) is 75.1 Å². The summed E-state index contributed by atoms with van der Waals surface area (Å²) in [5.74, 6) is 0. The van der Waals surface area contributed by atoms with Crippen LogP contribution in [0.5, 0.6) is 0 Å². The molecular weight excluding hydrogens is 256 g/mol. The predicted molar refractivity (Wildman–Crippen MR) is 76.7 cm³/mol. The molecule has 0 spiro atoms. The molecule has 0 fully saturated rings. The molecule has 1 heterocycles. The molecule has 2 aromatic carbocycles. The van der Waals surface area contributed by atoms with E-state index in [0.29, 0.717) is 11.1 Å². The van der Waals surface area contributed by atoms with Crippen molar-refractivity contribution in [1.29, 1.82) is 0 Å². The first-order valence-corrected chi connectivity index (χ1v) is 6.02. The number of hydrogen-bond acceptors (Lipinski definition) is 3. The van der Waals surface area contributed by atoms with Gasteiger partial charge in [0, 0.05) is 17.7 Å². The Balaban J connectivity index is 2.23. The zero-order valence-corrected chi connectivity index (χ0v) is 10.4. The second kappa shape index (κ2) is 4.62. The van der Waals surface area contributed by atoms with Crippen LogP contribution in [0.4, 0.5) is 5.69 Å². The molecule has 0 aliphatic carbocycles. The molecule has 0 aliphatic heterocycles. The van der Waals surface area contributed by atoms with E-state index in [2.05, 4.69) is 4.98 Å². The van der Waals surface area contributed by atoms with Crippen LogP contribution in [-0.4, -0.2) is 9.91 Å². The highest BCUT2D eigenvalue weighted by atomic mass is 16.6. The van der Waals surface area contributed by atoms with E-state index in [4.69, 9.17) is 0 Å². The summed E-state index contributed by atoms with van der Waals surface area (Å²) in [6, 6.07) is 15.5. The van der Waals surface area contributed by atoms with Crippen LogP contribution in [0.25, 0.3) is 22.0 Å². The van der Waals surface area contributed by atoms with Crippen LogP contribution in [0.3, 0.4) is 0 Å². The molecule has 0 atom stereocenters.